The van der Waals surface area contributed by atoms with Gasteiger partial charge in [-0.25, -0.2) is 9.97 Å². The summed E-state index contributed by atoms with van der Waals surface area (Å²) in [6, 6.07) is 8.10. The summed E-state index contributed by atoms with van der Waals surface area (Å²) < 4.78 is 0. The van der Waals surface area contributed by atoms with Gasteiger partial charge in [-0.3, -0.25) is 0 Å². The van der Waals surface area contributed by atoms with Crippen LogP contribution in [-0.4, -0.2) is 15.0 Å². The number of thiocarbonyl (C=S) groups is 1. The van der Waals surface area contributed by atoms with Crippen LogP contribution in [-0.2, 0) is 6.42 Å². The van der Waals surface area contributed by atoms with E-state index in [4.69, 9.17) is 18.0 Å². The van der Waals surface area contributed by atoms with Gasteiger partial charge in [-0.05, 0) is 18.1 Å². The molecule has 0 aliphatic rings. The SMILES string of the molecule is CCc1ccccc1Nc1cnc(C(N)=S)cn1. The Hall–Kier alpha value is -2.01. The number of hydrogen-bond acceptors (Lipinski definition) is 4. The van der Waals surface area contributed by atoms with E-state index < -0.39 is 0 Å². The first-order chi connectivity index (χ1) is 8.70. The molecule has 0 spiro atoms. The van der Waals surface area contributed by atoms with Crippen molar-refractivity contribution >= 4 is 28.7 Å². The molecule has 0 saturated heterocycles. The second-order valence-electron chi connectivity index (χ2n) is 3.79. The largest absolute Gasteiger partial charge is 0.388 e. The van der Waals surface area contributed by atoms with Gasteiger partial charge in [0.2, 0.25) is 0 Å². The third-order valence-corrected chi connectivity index (χ3v) is 2.77. The van der Waals surface area contributed by atoms with Crippen molar-refractivity contribution in [1.29, 1.82) is 0 Å². The Balaban J connectivity index is 2.21. The lowest BCUT2D eigenvalue weighted by atomic mass is 10.1. The van der Waals surface area contributed by atoms with Crippen LogP contribution >= 0.6 is 12.2 Å². The third-order valence-electron chi connectivity index (χ3n) is 2.57. The summed E-state index contributed by atoms with van der Waals surface area (Å²) in [5.74, 6) is 0.677. The number of rotatable bonds is 4. The van der Waals surface area contributed by atoms with Crippen molar-refractivity contribution in [2.75, 3.05) is 5.32 Å². The Morgan fingerprint density at radius 3 is 2.67 bits per heavy atom. The van der Waals surface area contributed by atoms with Crippen molar-refractivity contribution < 1.29 is 0 Å². The van der Waals surface area contributed by atoms with Crippen LogP contribution in [0.1, 0.15) is 18.2 Å². The molecular formula is C13H14N4S. The molecule has 5 heteroatoms. The van der Waals surface area contributed by atoms with Crippen molar-refractivity contribution in [2.24, 2.45) is 5.73 Å². The molecule has 0 unspecified atom stereocenters. The van der Waals surface area contributed by atoms with Crippen LogP contribution in [0.15, 0.2) is 36.7 Å². The van der Waals surface area contributed by atoms with Crippen LogP contribution in [0.4, 0.5) is 11.5 Å². The van der Waals surface area contributed by atoms with Gasteiger partial charge in [0.15, 0.2) is 0 Å². The second-order valence-corrected chi connectivity index (χ2v) is 4.23. The molecule has 0 bridgehead atoms. The van der Waals surface area contributed by atoms with Gasteiger partial charge in [-0.15, -0.1) is 0 Å². The molecule has 2 aromatic rings. The van der Waals surface area contributed by atoms with E-state index in [9.17, 15) is 0 Å². The molecule has 18 heavy (non-hydrogen) atoms. The van der Waals surface area contributed by atoms with Crippen molar-refractivity contribution in [3.63, 3.8) is 0 Å². The zero-order chi connectivity index (χ0) is 13.0. The number of nitrogens with one attached hydrogen (secondary N) is 1. The number of aromatic nitrogens is 2. The van der Waals surface area contributed by atoms with Crippen LogP contribution in [0.25, 0.3) is 0 Å². The van der Waals surface area contributed by atoms with Gasteiger partial charge >= 0.3 is 0 Å². The quantitative estimate of drug-likeness (QED) is 0.825. The minimum atomic E-state index is 0.253. The zero-order valence-electron chi connectivity index (χ0n) is 10.1. The summed E-state index contributed by atoms with van der Waals surface area (Å²) in [5, 5.41) is 3.23. The van der Waals surface area contributed by atoms with Crippen LogP contribution < -0.4 is 11.1 Å². The average Bonchev–Trinajstić information content (AvgIpc) is 2.40. The molecule has 1 aromatic carbocycles. The number of para-hydroxylation sites is 1. The molecule has 92 valence electrons. The van der Waals surface area contributed by atoms with E-state index in [1.165, 1.54) is 5.56 Å². The van der Waals surface area contributed by atoms with Gasteiger partial charge in [-0.2, -0.15) is 0 Å². The van der Waals surface area contributed by atoms with Gasteiger partial charge in [0.05, 0.1) is 12.4 Å². The maximum absolute atomic E-state index is 5.47. The lowest BCUT2D eigenvalue weighted by molar-refractivity contribution is 1.13. The van der Waals surface area contributed by atoms with Crippen LogP contribution in [0, 0.1) is 0 Å². The highest BCUT2D eigenvalue weighted by molar-refractivity contribution is 7.80. The first kappa shape index (κ1) is 12.4. The molecule has 4 nitrogen and oxygen atoms in total. The normalized spacial score (nSPS) is 10.1. The first-order valence-electron chi connectivity index (χ1n) is 5.67. The minimum Gasteiger partial charge on any atom is -0.388 e. The summed E-state index contributed by atoms with van der Waals surface area (Å²) in [6.07, 6.45) is 4.15. The van der Waals surface area contributed by atoms with E-state index in [-0.39, 0.29) is 4.99 Å². The fourth-order valence-corrected chi connectivity index (χ4v) is 1.71. The van der Waals surface area contributed by atoms with E-state index in [1.807, 2.05) is 18.2 Å². The Bertz CT molecular complexity index is 551. The number of benzene rings is 1. The van der Waals surface area contributed by atoms with E-state index in [0.29, 0.717) is 11.5 Å². The fraction of sp³-hybridized carbons (Fsp3) is 0.154. The highest BCUT2D eigenvalue weighted by atomic mass is 32.1. The Labute approximate surface area is 111 Å². The van der Waals surface area contributed by atoms with Crippen molar-refractivity contribution in [3.05, 3.63) is 47.9 Å². The van der Waals surface area contributed by atoms with Gasteiger partial charge in [0.25, 0.3) is 0 Å². The Kier molecular flexibility index (Phi) is 3.84. The average molecular weight is 258 g/mol. The summed E-state index contributed by atoms with van der Waals surface area (Å²) >= 11 is 4.83. The predicted molar refractivity (Wildman–Crippen MR) is 77.0 cm³/mol. The summed E-state index contributed by atoms with van der Waals surface area (Å²) in [6.45, 7) is 2.11. The van der Waals surface area contributed by atoms with E-state index >= 15 is 0 Å². The maximum Gasteiger partial charge on any atom is 0.148 e. The first-order valence-corrected chi connectivity index (χ1v) is 6.08. The van der Waals surface area contributed by atoms with Crippen LogP contribution in [0.3, 0.4) is 0 Å². The smallest absolute Gasteiger partial charge is 0.148 e. The third kappa shape index (κ3) is 2.81. The maximum atomic E-state index is 5.47. The molecule has 0 amide bonds. The molecule has 0 aliphatic heterocycles. The standard InChI is InChI=1S/C13H14N4S/c1-2-9-5-3-4-6-10(9)17-12-8-15-11(7-16-12)13(14)18/h3-8H,2H2,1H3,(H2,14,18)(H,16,17). The molecule has 1 heterocycles. The number of nitrogens with two attached hydrogens (primary N) is 1. The monoisotopic (exact) mass is 258 g/mol. The second kappa shape index (κ2) is 5.55. The van der Waals surface area contributed by atoms with Crippen LogP contribution in [0.2, 0.25) is 0 Å². The van der Waals surface area contributed by atoms with Gasteiger partial charge < -0.3 is 11.1 Å². The topological polar surface area (TPSA) is 63.8 Å². The lowest BCUT2D eigenvalue weighted by Gasteiger charge is -2.09. The molecule has 0 aliphatic carbocycles. The van der Waals surface area contributed by atoms with E-state index in [2.05, 4.69) is 28.3 Å². The molecule has 0 atom stereocenters. The molecule has 2 rings (SSSR count). The zero-order valence-corrected chi connectivity index (χ0v) is 10.9. The number of hydrogen-bond donors (Lipinski definition) is 2. The highest BCUT2D eigenvalue weighted by Crippen LogP contribution is 2.19. The predicted octanol–water partition coefficient (Wildman–Crippen LogP) is 2.42. The summed E-state index contributed by atoms with van der Waals surface area (Å²) in [4.78, 5) is 8.62. The van der Waals surface area contributed by atoms with Gasteiger partial charge in [-0.1, -0.05) is 37.3 Å². The number of anilines is 2. The molecule has 0 fully saturated rings. The van der Waals surface area contributed by atoms with Crippen molar-refractivity contribution in [2.45, 2.75) is 13.3 Å². The van der Waals surface area contributed by atoms with E-state index in [0.717, 1.165) is 12.1 Å². The van der Waals surface area contributed by atoms with Crippen molar-refractivity contribution in [3.8, 4) is 0 Å². The summed E-state index contributed by atoms with van der Waals surface area (Å²) in [7, 11) is 0. The Morgan fingerprint density at radius 2 is 2.06 bits per heavy atom. The Morgan fingerprint density at radius 1 is 1.28 bits per heavy atom. The van der Waals surface area contributed by atoms with Crippen molar-refractivity contribution in [1.82, 2.24) is 9.97 Å². The molecule has 0 saturated carbocycles. The molecular weight excluding hydrogens is 244 g/mol. The van der Waals surface area contributed by atoms with Crippen LogP contribution in [0.5, 0.6) is 0 Å². The highest BCUT2D eigenvalue weighted by Gasteiger charge is 2.03. The van der Waals surface area contributed by atoms with Gasteiger partial charge in [0, 0.05) is 5.69 Å². The van der Waals surface area contributed by atoms with E-state index in [1.54, 1.807) is 12.4 Å². The summed E-state index contributed by atoms with van der Waals surface area (Å²) in [5.41, 5.74) is 8.27. The fourth-order valence-electron chi connectivity index (χ4n) is 1.61. The number of aryl methyl sites for hydroxylation is 1. The van der Waals surface area contributed by atoms with Gasteiger partial charge in [0.1, 0.15) is 16.5 Å². The molecule has 1 aromatic heterocycles. The molecule has 0 radical (unpaired) electrons. The molecule has 3 N–H and O–H groups in total. The number of nitrogens with zero attached hydrogens (tertiary/aromatic N) is 2. The lowest BCUT2D eigenvalue weighted by Crippen LogP contribution is -2.12. The minimum absolute atomic E-state index is 0.253.